The predicted molar refractivity (Wildman–Crippen MR) is 152 cm³/mol. The molecule has 40 heavy (non-hydrogen) atoms. The Hall–Kier alpha value is -4.63. The minimum absolute atomic E-state index is 0.0831. The molecule has 0 fully saturated rings. The van der Waals surface area contributed by atoms with Crippen molar-refractivity contribution in [3.8, 4) is 17.2 Å². The summed E-state index contributed by atoms with van der Waals surface area (Å²) in [6.45, 7) is 0. The first-order valence-electron chi connectivity index (χ1n) is 12.3. The fraction of sp³-hybridized carbons (Fsp3) is 0.200. The van der Waals surface area contributed by atoms with Gasteiger partial charge in [0, 0.05) is 41.9 Å². The molecule has 1 amide bonds. The molecule has 0 radical (unpaired) electrons. The number of methoxy groups -OCH3 is 3. The number of fused-ring (bicyclic) bond motifs is 1. The van der Waals surface area contributed by atoms with E-state index in [1.165, 1.54) is 32.3 Å². The Morgan fingerprint density at radius 2 is 1.60 bits per heavy atom. The van der Waals surface area contributed by atoms with Crippen LogP contribution in [0.5, 0.6) is 17.2 Å². The number of amides is 1. The molecular formula is C30H27ClN2O7. The molecule has 1 aliphatic rings. The standard InChI is InChI=1S/C30H27ClN2O7/c1-32(2)19-7-9-20(10-8-19)33-26(16-6-11-21(37-3)22(13-16)38-4)25(28(35)30(33)36)27(34)23-14-17-12-18(31)15-24(39-5)29(17)40-23/h6-15,26,35H,1-5H3. The van der Waals surface area contributed by atoms with Gasteiger partial charge in [0.15, 0.2) is 34.4 Å². The number of furan rings is 1. The Labute approximate surface area is 235 Å². The monoisotopic (exact) mass is 562 g/mol. The molecule has 5 rings (SSSR count). The van der Waals surface area contributed by atoms with Crippen molar-refractivity contribution in [2.75, 3.05) is 45.2 Å². The Balaban J connectivity index is 1.67. The zero-order valence-corrected chi connectivity index (χ0v) is 23.3. The van der Waals surface area contributed by atoms with Gasteiger partial charge in [-0.1, -0.05) is 17.7 Å². The van der Waals surface area contributed by atoms with Gasteiger partial charge < -0.3 is 28.6 Å². The van der Waals surface area contributed by atoms with E-state index in [0.717, 1.165) is 5.69 Å². The van der Waals surface area contributed by atoms with Gasteiger partial charge in [0.2, 0.25) is 5.78 Å². The molecule has 0 saturated carbocycles. The van der Waals surface area contributed by atoms with Crippen LogP contribution in [0.15, 0.2) is 76.4 Å². The van der Waals surface area contributed by atoms with Crippen LogP contribution < -0.4 is 24.0 Å². The van der Waals surface area contributed by atoms with Gasteiger partial charge in [-0.15, -0.1) is 0 Å². The van der Waals surface area contributed by atoms with Crippen molar-refractivity contribution in [2.45, 2.75) is 6.04 Å². The number of carbonyl (C=O) groups is 2. The Morgan fingerprint density at radius 3 is 2.23 bits per heavy atom. The van der Waals surface area contributed by atoms with E-state index in [1.807, 2.05) is 31.1 Å². The number of ether oxygens (including phenoxy) is 3. The molecule has 9 nitrogen and oxygen atoms in total. The van der Waals surface area contributed by atoms with E-state index < -0.39 is 23.5 Å². The molecule has 1 aromatic heterocycles. The molecule has 10 heteroatoms. The number of hydrogen-bond acceptors (Lipinski definition) is 8. The summed E-state index contributed by atoms with van der Waals surface area (Å²) in [6.07, 6.45) is 0. The van der Waals surface area contributed by atoms with Crippen LogP contribution in [-0.4, -0.2) is 52.2 Å². The van der Waals surface area contributed by atoms with Gasteiger partial charge in [-0.25, -0.2) is 0 Å². The van der Waals surface area contributed by atoms with Crippen molar-refractivity contribution in [2.24, 2.45) is 0 Å². The third-order valence-electron chi connectivity index (χ3n) is 6.81. The van der Waals surface area contributed by atoms with E-state index in [1.54, 1.807) is 42.5 Å². The number of benzene rings is 3. The van der Waals surface area contributed by atoms with E-state index in [9.17, 15) is 14.7 Å². The summed E-state index contributed by atoms with van der Waals surface area (Å²) < 4.78 is 22.1. The lowest BCUT2D eigenvalue weighted by Crippen LogP contribution is -2.31. The second-order valence-corrected chi connectivity index (χ2v) is 9.77. The quantitative estimate of drug-likeness (QED) is 0.262. The molecule has 206 valence electrons. The predicted octanol–water partition coefficient (Wildman–Crippen LogP) is 5.96. The fourth-order valence-corrected chi connectivity index (χ4v) is 5.05. The van der Waals surface area contributed by atoms with Crippen LogP contribution in [0.3, 0.4) is 0 Å². The van der Waals surface area contributed by atoms with Crippen molar-refractivity contribution in [3.63, 3.8) is 0 Å². The van der Waals surface area contributed by atoms with Crippen molar-refractivity contribution in [3.05, 3.63) is 88.3 Å². The number of aliphatic hydroxyl groups is 1. The number of anilines is 2. The lowest BCUT2D eigenvalue weighted by Gasteiger charge is -2.27. The lowest BCUT2D eigenvalue weighted by molar-refractivity contribution is -0.117. The maximum absolute atomic E-state index is 14.0. The topological polar surface area (TPSA) is 102 Å². The molecule has 1 unspecified atom stereocenters. The van der Waals surface area contributed by atoms with Crippen LogP contribution in [0.4, 0.5) is 11.4 Å². The number of rotatable bonds is 8. The van der Waals surface area contributed by atoms with Crippen molar-refractivity contribution in [1.29, 1.82) is 0 Å². The maximum Gasteiger partial charge on any atom is 0.294 e. The highest BCUT2D eigenvalue weighted by Gasteiger charge is 2.45. The molecule has 0 saturated heterocycles. The summed E-state index contributed by atoms with van der Waals surface area (Å²) in [7, 11) is 8.28. The van der Waals surface area contributed by atoms with Crippen molar-refractivity contribution in [1.82, 2.24) is 0 Å². The van der Waals surface area contributed by atoms with E-state index in [4.69, 9.17) is 30.2 Å². The zero-order chi connectivity index (χ0) is 28.7. The van der Waals surface area contributed by atoms with Crippen LogP contribution in [-0.2, 0) is 4.79 Å². The van der Waals surface area contributed by atoms with Gasteiger partial charge in [0.1, 0.15) is 0 Å². The molecule has 1 aliphatic heterocycles. The van der Waals surface area contributed by atoms with Gasteiger partial charge in [-0.2, -0.15) is 0 Å². The molecule has 4 aromatic rings. The highest BCUT2D eigenvalue weighted by atomic mass is 35.5. The number of Topliss-reactive ketones (excluding diaryl/α,β-unsaturated/α-hetero) is 1. The second-order valence-electron chi connectivity index (χ2n) is 9.33. The molecule has 1 atom stereocenters. The Bertz CT molecular complexity index is 1660. The largest absolute Gasteiger partial charge is 0.503 e. The number of nitrogens with zero attached hydrogens (tertiary/aromatic N) is 2. The van der Waals surface area contributed by atoms with Gasteiger partial charge in [-0.3, -0.25) is 14.5 Å². The molecule has 0 bridgehead atoms. The summed E-state index contributed by atoms with van der Waals surface area (Å²) in [5.41, 5.74) is 2.10. The van der Waals surface area contributed by atoms with Crippen LogP contribution in [0.25, 0.3) is 11.0 Å². The average molecular weight is 563 g/mol. The number of hydrogen-bond donors (Lipinski definition) is 1. The van der Waals surface area contributed by atoms with Crippen LogP contribution in [0, 0.1) is 0 Å². The minimum atomic E-state index is -0.997. The fourth-order valence-electron chi connectivity index (χ4n) is 4.84. The highest BCUT2D eigenvalue weighted by molar-refractivity contribution is 6.31. The summed E-state index contributed by atoms with van der Waals surface area (Å²) in [5, 5.41) is 12.1. The van der Waals surface area contributed by atoms with Crippen molar-refractivity contribution >= 4 is 45.6 Å². The number of carbonyl (C=O) groups excluding carboxylic acids is 2. The van der Waals surface area contributed by atoms with E-state index in [0.29, 0.717) is 44.5 Å². The van der Waals surface area contributed by atoms with Crippen LogP contribution >= 0.6 is 11.6 Å². The maximum atomic E-state index is 14.0. The molecule has 3 aromatic carbocycles. The molecular weight excluding hydrogens is 536 g/mol. The molecule has 0 spiro atoms. The third kappa shape index (κ3) is 4.48. The van der Waals surface area contributed by atoms with E-state index >= 15 is 0 Å². The first-order chi connectivity index (χ1) is 19.2. The molecule has 0 aliphatic carbocycles. The summed E-state index contributed by atoms with van der Waals surface area (Å²) in [6, 6.07) is 16.0. The minimum Gasteiger partial charge on any atom is -0.503 e. The third-order valence-corrected chi connectivity index (χ3v) is 7.03. The normalized spacial score (nSPS) is 15.1. The van der Waals surface area contributed by atoms with Crippen LogP contribution in [0.2, 0.25) is 5.02 Å². The van der Waals surface area contributed by atoms with Crippen molar-refractivity contribution < 1.29 is 33.3 Å². The Morgan fingerprint density at radius 1 is 0.925 bits per heavy atom. The van der Waals surface area contributed by atoms with E-state index in [-0.39, 0.29) is 11.3 Å². The van der Waals surface area contributed by atoms with Gasteiger partial charge in [0.25, 0.3) is 5.91 Å². The first kappa shape index (κ1) is 27.0. The van der Waals surface area contributed by atoms with Gasteiger partial charge in [-0.05, 0) is 54.1 Å². The van der Waals surface area contributed by atoms with E-state index in [2.05, 4.69) is 0 Å². The second kappa shape index (κ2) is 10.5. The Kier molecular flexibility index (Phi) is 7.08. The average Bonchev–Trinajstić information content (AvgIpc) is 3.50. The molecule has 2 heterocycles. The SMILES string of the molecule is COc1ccc(C2C(C(=O)c3cc4cc(Cl)cc(OC)c4o3)=C(O)C(=O)N2c2ccc(N(C)C)cc2)cc1OC. The summed E-state index contributed by atoms with van der Waals surface area (Å²) >= 11 is 6.20. The molecule has 1 N–H and O–H groups in total. The van der Waals surface area contributed by atoms with Gasteiger partial charge in [0.05, 0.1) is 32.9 Å². The number of halogens is 1. The van der Waals surface area contributed by atoms with Gasteiger partial charge >= 0.3 is 0 Å². The van der Waals surface area contributed by atoms with Crippen LogP contribution in [0.1, 0.15) is 22.2 Å². The number of ketones is 1. The smallest absolute Gasteiger partial charge is 0.294 e. The lowest BCUT2D eigenvalue weighted by atomic mass is 9.94. The first-order valence-corrected chi connectivity index (χ1v) is 12.6. The number of aliphatic hydroxyl groups excluding tert-OH is 1. The summed E-state index contributed by atoms with van der Waals surface area (Å²) in [5.74, 6) is -0.922. The zero-order valence-electron chi connectivity index (χ0n) is 22.5. The summed E-state index contributed by atoms with van der Waals surface area (Å²) in [4.78, 5) is 30.9. The highest BCUT2D eigenvalue weighted by Crippen LogP contribution is 2.45.